The molecule has 0 spiro atoms. The molecule has 0 bridgehead atoms. The van der Waals surface area contributed by atoms with Gasteiger partial charge in [0.15, 0.2) is 11.5 Å². The highest BCUT2D eigenvalue weighted by Crippen LogP contribution is 2.37. The van der Waals surface area contributed by atoms with Gasteiger partial charge in [0.25, 0.3) is 0 Å². The van der Waals surface area contributed by atoms with Crippen LogP contribution in [0.3, 0.4) is 0 Å². The van der Waals surface area contributed by atoms with Crippen LogP contribution in [0.2, 0.25) is 0 Å². The largest absolute Gasteiger partial charge is 0.493 e. The van der Waals surface area contributed by atoms with Crippen LogP contribution >= 0.6 is 15.9 Å². The standard InChI is InChI=1S/C21H28BrNO2/c1-6-21(3,4)23-13-16-11-18(22)20(19(12-16)24-5)25-14-17-10-8-7-9-15(17)2/h7-12,23H,6,13-14H2,1-5H3. The van der Waals surface area contributed by atoms with Crippen LogP contribution in [0, 0.1) is 6.92 Å². The molecule has 2 rings (SSSR count). The highest BCUT2D eigenvalue weighted by molar-refractivity contribution is 9.10. The lowest BCUT2D eigenvalue weighted by Gasteiger charge is -2.25. The van der Waals surface area contributed by atoms with Crippen LogP contribution in [0.25, 0.3) is 0 Å². The van der Waals surface area contributed by atoms with Crippen LogP contribution < -0.4 is 14.8 Å². The van der Waals surface area contributed by atoms with Gasteiger partial charge in [-0.2, -0.15) is 0 Å². The third kappa shape index (κ3) is 5.48. The van der Waals surface area contributed by atoms with Gasteiger partial charge in [0.1, 0.15) is 6.61 Å². The monoisotopic (exact) mass is 405 g/mol. The molecule has 3 nitrogen and oxygen atoms in total. The quantitative estimate of drug-likeness (QED) is 0.617. The minimum absolute atomic E-state index is 0.111. The predicted molar refractivity (Wildman–Crippen MR) is 107 cm³/mol. The van der Waals surface area contributed by atoms with Gasteiger partial charge in [-0.3, -0.25) is 0 Å². The van der Waals surface area contributed by atoms with Crippen LogP contribution in [-0.2, 0) is 13.2 Å². The highest BCUT2D eigenvalue weighted by Gasteiger charge is 2.16. The number of nitrogens with one attached hydrogen (secondary N) is 1. The molecule has 0 atom stereocenters. The molecule has 0 heterocycles. The van der Waals surface area contributed by atoms with E-state index in [2.05, 4.69) is 67.1 Å². The molecule has 0 aromatic heterocycles. The second kappa shape index (κ2) is 8.72. The summed E-state index contributed by atoms with van der Waals surface area (Å²) in [5.41, 5.74) is 3.67. The van der Waals surface area contributed by atoms with Crippen LogP contribution in [0.5, 0.6) is 11.5 Å². The van der Waals surface area contributed by atoms with E-state index in [1.807, 2.05) is 18.2 Å². The summed E-state index contributed by atoms with van der Waals surface area (Å²) in [6.07, 6.45) is 1.07. The molecule has 0 aliphatic heterocycles. The molecule has 1 N–H and O–H groups in total. The number of rotatable bonds is 8. The number of hydrogen-bond donors (Lipinski definition) is 1. The van der Waals surface area contributed by atoms with E-state index in [0.29, 0.717) is 6.61 Å². The molecule has 0 aliphatic carbocycles. The Morgan fingerprint density at radius 3 is 2.52 bits per heavy atom. The van der Waals surface area contributed by atoms with Crippen molar-refractivity contribution < 1.29 is 9.47 Å². The van der Waals surface area contributed by atoms with Crippen molar-refractivity contribution in [2.75, 3.05) is 7.11 Å². The smallest absolute Gasteiger partial charge is 0.175 e. The van der Waals surface area contributed by atoms with Gasteiger partial charge < -0.3 is 14.8 Å². The Kier molecular flexibility index (Phi) is 6.91. The van der Waals surface area contributed by atoms with Gasteiger partial charge in [-0.05, 0) is 71.9 Å². The molecule has 0 amide bonds. The molecule has 0 aliphatic rings. The topological polar surface area (TPSA) is 30.5 Å². The molecular formula is C21H28BrNO2. The maximum absolute atomic E-state index is 6.06. The van der Waals surface area contributed by atoms with Crippen molar-refractivity contribution in [3.8, 4) is 11.5 Å². The Balaban J connectivity index is 2.15. The molecule has 0 radical (unpaired) electrons. The van der Waals surface area contributed by atoms with Crippen molar-refractivity contribution >= 4 is 15.9 Å². The fourth-order valence-corrected chi connectivity index (χ4v) is 3.01. The first-order valence-corrected chi connectivity index (χ1v) is 9.44. The summed E-state index contributed by atoms with van der Waals surface area (Å²) in [5, 5.41) is 3.57. The lowest BCUT2D eigenvalue weighted by atomic mass is 10.0. The number of hydrogen-bond acceptors (Lipinski definition) is 3. The van der Waals surface area contributed by atoms with Gasteiger partial charge in [-0.25, -0.2) is 0 Å². The van der Waals surface area contributed by atoms with Gasteiger partial charge in [-0.1, -0.05) is 31.2 Å². The number of halogens is 1. The lowest BCUT2D eigenvalue weighted by molar-refractivity contribution is 0.281. The SMILES string of the molecule is CCC(C)(C)NCc1cc(Br)c(OCc2ccccc2C)c(OC)c1. The summed E-state index contributed by atoms with van der Waals surface area (Å²) in [5.74, 6) is 1.48. The Morgan fingerprint density at radius 1 is 1.16 bits per heavy atom. The summed E-state index contributed by atoms with van der Waals surface area (Å²) >= 11 is 3.64. The number of ether oxygens (including phenoxy) is 2. The van der Waals surface area contributed by atoms with E-state index in [-0.39, 0.29) is 5.54 Å². The van der Waals surface area contributed by atoms with Gasteiger partial charge in [0.2, 0.25) is 0 Å². The second-order valence-corrected chi connectivity index (χ2v) is 7.77. The number of aryl methyl sites for hydroxylation is 1. The molecule has 2 aromatic carbocycles. The molecule has 0 unspecified atom stereocenters. The van der Waals surface area contributed by atoms with E-state index < -0.39 is 0 Å². The first-order valence-electron chi connectivity index (χ1n) is 8.65. The Bertz CT molecular complexity index is 713. The Labute approximate surface area is 159 Å². The fraction of sp³-hybridized carbons (Fsp3) is 0.429. The third-order valence-electron chi connectivity index (χ3n) is 4.58. The highest BCUT2D eigenvalue weighted by atomic mass is 79.9. The van der Waals surface area contributed by atoms with Gasteiger partial charge in [0.05, 0.1) is 11.6 Å². The number of methoxy groups -OCH3 is 1. The third-order valence-corrected chi connectivity index (χ3v) is 5.17. The van der Waals surface area contributed by atoms with Crippen molar-refractivity contribution in [3.05, 3.63) is 57.6 Å². The summed E-state index contributed by atoms with van der Waals surface area (Å²) in [6, 6.07) is 12.4. The molecular weight excluding hydrogens is 378 g/mol. The van der Waals surface area contributed by atoms with E-state index in [1.165, 1.54) is 11.1 Å². The maximum atomic E-state index is 6.06. The second-order valence-electron chi connectivity index (χ2n) is 6.92. The van der Waals surface area contributed by atoms with Crippen molar-refractivity contribution in [1.82, 2.24) is 5.32 Å². The zero-order chi connectivity index (χ0) is 18.4. The zero-order valence-corrected chi connectivity index (χ0v) is 17.4. The maximum Gasteiger partial charge on any atom is 0.175 e. The van der Waals surface area contributed by atoms with Crippen molar-refractivity contribution in [2.24, 2.45) is 0 Å². The van der Waals surface area contributed by atoms with E-state index >= 15 is 0 Å². The average molecular weight is 406 g/mol. The molecule has 136 valence electrons. The molecule has 2 aromatic rings. The zero-order valence-electron chi connectivity index (χ0n) is 15.8. The van der Waals surface area contributed by atoms with Crippen molar-refractivity contribution in [3.63, 3.8) is 0 Å². The van der Waals surface area contributed by atoms with E-state index in [1.54, 1.807) is 7.11 Å². The molecule has 0 saturated carbocycles. The molecule has 0 saturated heterocycles. The summed E-state index contributed by atoms with van der Waals surface area (Å²) in [6.45, 7) is 10.00. The summed E-state index contributed by atoms with van der Waals surface area (Å²) in [4.78, 5) is 0. The van der Waals surface area contributed by atoms with Gasteiger partial charge >= 0.3 is 0 Å². The number of benzene rings is 2. The van der Waals surface area contributed by atoms with E-state index in [9.17, 15) is 0 Å². The molecule has 25 heavy (non-hydrogen) atoms. The van der Waals surface area contributed by atoms with Crippen LogP contribution in [0.4, 0.5) is 0 Å². The van der Waals surface area contributed by atoms with E-state index in [0.717, 1.165) is 34.5 Å². The predicted octanol–water partition coefficient (Wildman–Crippen LogP) is 5.62. The van der Waals surface area contributed by atoms with E-state index in [4.69, 9.17) is 9.47 Å². The van der Waals surface area contributed by atoms with Crippen molar-refractivity contribution in [2.45, 2.75) is 52.8 Å². The molecule has 0 fully saturated rings. The minimum Gasteiger partial charge on any atom is -0.493 e. The Hall–Kier alpha value is -1.52. The average Bonchev–Trinajstić information content (AvgIpc) is 2.60. The lowest BCUT2D eigenvalue weighted by Crippen LogP contribution is -2.37. The normalized spacial score (nSPS) is 11.4. The minimum atomic E-state index is 0.111. The first-order chi connectivity index (χ1) is 11.9. The van der Waals surface area contributed by atoms with Crippen LogP contribution in [-0.4, -0.2) is 12.6 Å². The van der Waals surface area contributed by atoms with Gasteiger partial charge in [-0.15, -0.1) is 0 Å². The summed E-state index contributed by atoms with van der Waals surface area (Å²) < 4.78 is 12.5. The Morgan fingerprint density at radius 2 is 1.88 bits per heavy atom. The van der Waals surface area contributed by atoms with Crippen LogP contribution in [0.15, 0.2) is 40.9 Å². The van der Waals surface area contributed by atoms with Crippen molar-refractivity contribution in [1.29, 1.82) is 0 Å². The fourth-order valence-electron chi connectivity index (χ4n) is 2.40. The van der Waals surface area contributed by atoms with Crippen LogP contribution in [0.1, 0.15) is 43.9 Å². The molecule has 4 heteroatoms. The first kappa shape index (κ1) is 19.8. The summed E-state index contributed by atoms with van der Waals surface area (Å²) in [7, 11) is 1.68. The van der Waals surface area contributed by atoms with Gasteiger partial charge in [0, 0.05) is 12.1 Å².